The summed E-state index contributed by atoms with van der Waals surface area (Å²) < 4.78 is 43.4. The number of amides is 1. The monoisotopic (exact) mass is 339 g/mol. The Bertz CT molecular complexity index is 680. The standard InChI is InChI=1S/C18H20F3NO2/c1-2-3-11-22(13-18(19,20)21)17(23)12-24-16-10-6-8-14-7-4-5-9-15(14)16/h4-10H,2-3,11-13H2,1H3. The molecule has 0 fully saturated rings. The Kier molecular flexibility index (Phi) is 6.06. The predicted octanol–water partition coefficient (Wildman–Crippen LogP) is 4.41. The summed E-state index contributed by atoms with van der Waals surface area (Å²) in [5.41, 5.74) is 0. The van der Waals surface area contributed by atoms with Crippen LogP contribution >= 0.6 is 0 Å². The highest BCUT2D eigenvalue weighted by Gasteiger charge is 2.32. The van der Waals surface area contributed by atoms with Crippen molar-refractivity contribution in [2.75, 3.05) is 19.7 Å². The molecule has 0 aromatic heterocycles. The number of rotatable bonds is 7. The highest BCUT2D eigenvalue weighted by Crippen LogP contribution is 2.25. The molecule has 0 bridgehead atoms. The average Bonchev–Trinajstić information content (AvgIpc) is 2.55. The number of carbonyl (C=O) groups is 1. The minimum Gasteiger partial charge on any atom is -0.483 e. The molecule has 24 heavy (non-hydrogen) atoms. The first-order chi connectivity index (χ1) is 11.4. The average molecular weight is 339 g/mol. The summed E-state index contributed by atoms with van der Waals surface area (Å²) in [5.74, 6) is -0.169. The molecule has 0 saturated carbocycles. The molecule has 0 radical (unpaired) electrons. The van der Waals surface area contributed by atoms with Gasteiger partial charge >= 0.3 is 6.18 Å². The van der Waals surface area contributed by atoms with Crippen LogP contribution in [-0.2, 0) is 4.79 Å². The van der Waals surface area contributed by atoms with Crippen LogP contribution < -0.4 is 4.74 Å². The van der Waals surface area contributed by atoms with E-state index in [0.717, 1.165) is 15.7 Å². The van der Waals surface area contributed by atoms with E-state index in [1.807, 2.05) is 37.3 Å². The van der Waals surface area contributed by atoms with Gasteiger partial charge < -0.3 is 9.64 Å². The van der Waals surface area contributed by atoms with Gasteiger partial charge in [-0.15, -0.1) is 0 Å². The third kappa shape index (κ3) is 5.15. The highest BCUT2D eigenvalue weighted by molar-refractivity contribution is 5.88. The molecule has 130 valence electrons. The van der Waals surface area contributed by atoms with Crippen molar-refractivity contribution in [1.29, 1.82) is 0 Å². The van der Waals surface area contributed by atoms with E-state index < -0.39 is 25.2 Å². The summed E-state index contributed by atoms with van der Waals surface area (Å²) in [6.07, 6.45) is -3.18. The summed E-state index contributed by atoms with van der Waals surface area (Å²) in [6.45, 7) is 0.287. The van der Waals surface area contributed by atoms with Gasteiger partial charge in [-0.25, -0.2) is 0 Å². The quantitative estimate of drug-likeness (QED) is 0.748. The van der Waals surface area contributed by atoms with Crippen molar-refractivity contribution in [3.8, 4) is 5.75 Å². The van der Waals surface area contributed by atoms with E-state index in [1.54, 1.807) is 12.1 Å². The summed E-state index contributed by atoms with van der Waals surface area (Å²) in [6, 6.07) is 12.9. The van der Waals surface area contributed by atoms with E-state index in [2.05, 4.69) is 0 Å². The van der Waals surface area contributed by atoms with Crippen LogP contribution in [0.3, 0.4) is 0 Å². The normalized spacial score (nSPS) is 11.5. The van der Waals surface area contributed by atoms with Crippen molar-refractivity contribution in [3.63, 3.8) is 0 Å². The first kappa shape index (κ1) is 18.1. The minimum atomic E-state index is -4.41. The lowest BCUT2D eigenvalue weighted by atomic mass is 10.1. The fourth-order valence-corrected chi connectivity index (χ4v) is 2.41. The molecule has 6 heteroatoms. The van der Waals surface area contributed by atoms with Crippen LogP contribution in [0.25, 0.3) is 10.8 Å². The van der Waals surface area contributed by atoms with Gasteiger partial charge in [0.1, 0.15) is 12.3 Å². The van der Waals surface area contributed by atoms with Crippen LogP contribution in [-0.4, -0.2) is 36.7 Å². The van der Waals surface area contributed by atoms with Crippen LogP contribution in [0.4, 0.5) is 13.2 Å². The number of fused-ring (bicyclic) bond motifs is 1. The number of nitrogens with zero attached hydrogens (tertiary/aromatic N) is 1. The molecule has 1 amide bonds. The molecule has 0 heterocycles. The maximum atomic E-state index is 12.6. The number of alkyl halides is 3. The van der Waals surface area contributed by atoms with Crippen molar-refractivity contribution in [1.82, 2.24) is 4.90 Å². The number of halogens is 3. The first-order valence-electron chi connectivity index (χ1n) is 7.86. The zero-order valence-electron chi connectivity index (χ0n) is 13.5. The molecule has 0 aliphatic heterocycles. The molecule has 0 aliphatic carbocycles. The summed E-state index contributed by atoms with van der Waals surface area (Å²) >= 11 is 0. The lowest BCUT2D eigenvalue weighted by Crippen LogP contribution is -2.42. The topological polar surface area (TPSA) is 29.5 Å². The number of benzene rings is 2. The maximum Gasteiger partial charge on any atom is 0.406 e. The number of hydrogen-bond donors (Lipinski definition) is 0. The minimum absolute atomic E-state index is 0.0771. The number of ether oxygens (including phenoxy) is 1. The molecule has 0 spiro atoms. The van der Waals surface area contributed by atoms with E-state index in [-0.39, 0.29) is 6.54 Å². The fraction of sp³-hybridized carbons (Fsp3) is 0.389. The second-order valence-corrected chi connectivity index (χ2v) is 5.55. The van der Waals surface area contributed by atoms with Gasteiger partial charge in [-0.1, -0.05) is 49.7 Å². The van der Waals surface area contributed by atoms with Gasteiger partial charge in [-0.2, -0.15) is 13.2 Å². The van der Waals surface area contributed by atoms with E-state index >= 15 is 0 Å². The van der Waals surface area contributed by atoms with Crippen LogP contribution in [0.5, 0.6) is 5.75 Å². The Labute approximate surface area is 139 Å². The van der Waals surface area contributed by atoms with E-state index in [0.29, 0.717) is 18.6 Å². The largest absolute Gasteiger partial charge is 0.483 e. The maximum absolute atomic E-state index is 12.6. The van der Waals surface area contributed by atoms with E-state index in [9.17, 15) is 18.0 Å². The summed E-state index contributed by atoms with van der Waals surface area (Å²) in [5, 5.41) is 1.77. The SMILES string of the molecule is CCCCN(CC(F)(F)F)C(=O)COc1cccc2ccccc12. The number of unbranched alkanes of at least 4 members (excludes halogenated alkanes) is 1. The van der Waals surface area contributed by atoms with Crippen molar-refractivity contribution in [3.05, 3.63) is 42.5 Å². The Morgan fingerprint density at radius 3 is 2.54 bits per heavy atom. The molecule has 0 aliphatic rings. The molecule has 2 rings (SSSR count). The second-order valence-electron chi connectivity index (χ2n) is 5.55. The molecule has 0 unspecified atom stereocenters. The van der Waals surface area contributed by atoms with Crippen molar-refractivity contribution in [2.45, 2.75) is 25.9 Å². The van der Waals surface area contributed by atoms with E-state index in [1.165, 1.54) is 0 Å². The summed E-state index contributed by atoms with van der Waals surface area (Å²) in [7, 11) is 0. The molecule has 2 aromatic rings. The van der Waals surface area contributed by atoms with Crippen molar-refractivity contribution >= 4 is 16.7 Å². The molecule has 3 nitrogen and oxygen atoms in total. The lowest BCUT2D eigenvalue weighted by molar-refractivity contribution is -0.162. The van der Waals surface area contributed by atoms with Gasteiger partial charge in [0.2, 0.25) is 0 Å². The Hall–Kier alpha value is -2.24. The van der Waals surface area contributed by atoms with Crippen LogP contribution in [0, 0.1) is 0 Å². The third-order valence-electron chi connectivity index (χ3n) is 3.61. The van der Waals surface area contributed by atoms with E-state index in [4.69, 9.17) is 4.74 Å². The smallest absolute Gasteiger partial charge is 0.406 e. The zero-order chi connectivity index (χ0) is 17.6. The highest BCUT2D eigenvalue weighted by atomic mass is 19.4. The first-order valence-corrected chi connectivity index (χ1v) is 7.86. The Morgan fingerprint density at radius 2 is 1.83 bits per heavy atom. The van der Waals surface area contributed by atoms with Crippen LogP contribution in [0.15, 0.2) is 42.5 Å². The Balaban J connectivity index is 2.06. The van der Waals surface area contributed by atoms with Gasteiger partial charge in [0.25, 0.3) is 5.91 Å². The van der Waals surface area contributed by atoms with Crippen LogP contribution in [0.1, 0.15) is 19.8 Å². The molecular formula is C18H20F3NO2. The van der Waals surface area contributed by atoms with Gasteiger partial charge in [-0.3, -0.25) is 4.79 Å². The van der Waals surface area contributed by atoms with Gasteiger partial charge in [0.05, 0.1) is 0 Å². The van der Waals surface area contributed by atoms with Crippen molar-refractivity contribution < 1.29 is 22.7 Å². The Morgan fingerprint density at radius 1 is 1.12 bits per heavy atom. The molecule has 2 aromatic carbocycles. The molecule has 0 saturated heterocycles. The number of hydrogen-bond acceptors (Lipinski definition) is 2. The summed E-state index contributed by atoms with van der Waals surface area (Å²) in [4.78, 5) is 13.0. The lowest BCUT2D eigenvalue weighted by Gasteiger charge is -2.24. The molecule has 0 atom stereocenters. The van der Waals surface area contributed by atoms with Crippen molar-refractivity contribution in [2.24, 2.45) is 0 Å². The van der Waals surface area contributed by atoms with Gasteiger partial charge in [-0.05, 0) is 17.9 Å². The second kappa shape index (κ2) is 8.04. The zero-order valence-corrected chi connectivity index (χ0v) is 13.5. The fourth-order valence-electron chi connectivity index (χ4n) is 2.41. The third-order valence-corrected chi connectivity index (χ3v) is 3.61. The molecular weight excluding hydrogens is 319 g/mol. The predicted molar refractivity (Wildman–Crippen MR) is 87.0 cm³/mol. The van der Waals surface area contributed by atoms with Crippen LogP contribution in [0.2, 0.25) is 0 Å². The number of carbonyl (C=O) groups excluding carboxylic acids is 1. The van der Waals surface area contributed by atoms with Gasteiger partial charge in [0.15, 0.2) is 6.61 Å². The molecule has 0 N–H and O–H groups in total. The van der Waals surface area contributed by atoms with Gasteiger partial charge in [0, 0.05) is 11.9 Å².